The SMILES string of the molecule is CCN(CCC(NC1CC1)C(=O)OC)c1ccc(C)cc1. The van der Waals surface area contributed by atoms with Gasteiger partial charge < -0.3 is 15.0 Å². The molecule has 1 aliphatic rings. The second-order valence-electron chi connectivity index (χ2n) is 5.72. The molecule has 0 spiro atoms. The molecule has 1 atom stereocenters. The quantitative estimate of drug-likeness (QED) is 0.747. The molecular formula is C17H26N2O2. The number of aryl methyl sites for hydroxylation is 1. The standard InChI is InChI=1S/C17H26N2O2/c1-4-19(15-9-5-13(2)6-10-15)12-11-16(17(20)21-3)18-14-7-8-14/h5-6,9-10,14,16,18H,4,7-8,11-12H2,1-3H3. The van der Waals surface area contributed by atoms with Gasteiger partial charge in [0.25, 0.3) is 0 Å². The number of rotatable bonds is 8. The molecule has 0 amide bonds. The maximum atomic E-state index is 11.9. The largest absolute Gasteiger partial charge is 0.468 e. The number of esters is 1. The summed E-state index contributed by atoms with van der Waals surface area (Å²) in [7, 11) is 1.46. The Balaban J connectivity index is 1.93. The minimum absolute atomic E-state index is 0.151. The van der Waals surface area contributed by atoms with Crippen molar-refractivity contribution in [2.24, 2.45) is 0 Å². The van der Waals surface area contributed by atoms with Gasteiger partial charge >= 0.3 is 5.97 Å². The summed E-state index contributed by atoms with van der Waals surface area (Å²) < 4.78 is 4.91. The Labute approximate surface area is 127 Å². The van der Waals surface area contributed by atoms with Crippen molar-refractivity contribution < 1.29 is 9.53 Å². The van der Waals surface area contributed by atoms with E-state index < -0.39 is 0 Å². The van der Waals surface area contributed by atoms with Gasteiger partial charge in [0.2, 0.25) is 0 Å². The van der Waals surface area contributed by atoms with Crippen LogP contribution in [0.5, 0.6) is 0 Å². The summed E-state index contributed by atoms with van der Waals surface area (Å²) in [5.74, 6) is -0.151. The number of hydrogen-bond acceptors (Lipinski definition) is 4. The van der Waals surface area contributed by atoms with Crippen molar-refractivity contribution in [1.82, 2.24) is 5.32 Å². The lowest BCUT2D eigenvalue weighted by Crippen LogP contribution is -2.41. The fourth-order valence-electron chi connectivity index (χ4n) is 2.46. The highest BCUT2D eigenvalue weighted by atomic mass is 16.5. The highest BCUT2D eigenvalue weighted by molar-refractivity contribution is 5.75. The van der Waals surface area contributed by atoms with Crippen LogP contribution in [0.4, 0.5) is 5.69 Å². The molecule has 1 saturated carbocycles. The number of carbonyl (C=O) groups is 1. The fourth-order valence-corrected chi connectivity index (χ4v) is 2.46. The van der Waals surface area contributed by atoms with Gasteiger partial charge in [0.15, 0.2) is 0 Å². The molecule has 2 rings (SSSR count). The lowest BCUT2D eigenvalue weighted by atomic mass is 10.1. The van der Waals surface area contributed by atoms with Crippen molar-refractivity contribution in [3.05, 3.63) is 29.8 Å². The summed E-state index contributed by atoms with van der Waals surface area (Å²) >= 11 is 0. The number of carbonyl (C=O) groups excluding carboxylic acids is 1. The number of anilines is 1. The van der Waals surface area contributed by atoms with Crippen molar-refractivity contribution in [3.8, 4) is 0 Å². The van der Waals surface area contributed by atoms with Crippen LogP contribution in [-0.4, -0.2) is 38.3 Å². The van der Waals surface area contributed by atoms with Crippen LogP contribution in [0.25, 0.3) is 0 Å². The van der Waals surface area contributed by atoms with Crippen LogP contribution in [0.15, 0.2) is 24.3 Å². The molecule has 0 saturated heterocycles. The summed E-state index contributed by atoms with van der Waals surface area (Å²) in [6.07, 6.45) is 3.11. The predicted molar refractivity (Wildman–Crippen MR) is 85.6 cm³/mol. The van der Waals surface area contributed by atoms with Crippen LogP contribution >= 0.6 is 0 Å². The van der Waals surface area contributed by atoms with Crippen molar-refractivity contribution in [3.63, 3.8) is 0 Å². The monoisotopic (exact) mass is 290 g/mol. The molecular weight excluding hydrogens is 264 g/mol. The van der Waals surface area contributed by atoms with E-state index in [4.69, 9.17) is 4.74 Å². The van der Waals surface area contributed by atoms with Crippen LogP contribution in [0.3, 0.4) is 0 Å². The fraction of sp³-hybridized carbons (Fsp3) is 0.588. The molecule has 1 aromatic rings. The van der Waals surface area contributed by atoms with Crippen LogP contribution in [0, 0.1) is 6.92 Å². The molecule has 1 unspecified atom stereocenters. The number of ether oxygens (including phenoxy) is 1. The summed E-state index contributed by atoms with van der Waals surface area (Å²) in [4.78, 5) is 14.1. The van der Waals surface area contributed by atoms with Gasteiger partial charge in [-0.25, -0.2) is 0 Å². The molecule has 4 heteroatoms. The maximum absolute atomic E-state index is 11.9. The first-order chi connectivity index (χ1) is 10.1. The Morgan fingerprint density at radius 3 is 2.57 bits per heavy atom. The van der Waals surface area contributed by atoms with E-state index >= 15 is 0 Å². The Bertz CT molecular complexity index is 454. The summed E-state index contributed by atoms with van der Waals surface area (Å²) in [6, 6.07) is 8.84. The predicted octanol–water partition coefficient (Wildman–Crippen LogP) is 2.51. The Morgan fingerprint density at radius 1 is 1.38 bits per heavy atom. The number of nitrogens with zero attached hydrogens (tertiary/aromatic N) is 1. The third-order valence-corrected chi connectivity index (χ3v) is 3.97. The molecule has 0 aromatic heterocycles. The normalized spacial score (nSPS) is 15.6. The first kappa shape index (κ1) is 15.8. The number of methoxy groups -OCH3 is 1. The summed E-state index contributed by atoms with van der Waals surface area (Å²) in [5, 5.41) is 3.38. The molecule has 0 bridgehead atoms. The van der Waals surface area contributed by atoms with Gasteiger partial charge in [0.1, 0.15) is 6.04 Å². The third kappa shape index (κ3) is 4.74. The highest BCUT2D eigenvalue weighted by Gasteiger charge is 2.29. The lowest BCUT2D eigenvalue weighted by Gasteiger charge is -2.25. The number of nitrogens with one attached hydrogen (secondary N) is 1. The van der Waals surface area contributed by atoms with Gasteiger partial charge in [-0.3, -0.25) is 4.79 Å². The highest BCUT2D eigenvalue weighted by Crippen LogP contribution is 2.21. The number of benzene rings is 1. The zero-order valence-electron chi connectivity index (χ0n) is 13.3. The molecule has 1 aromatic carbocycles. The van der Waals surface area contributed by atoms with Gasteiger partial charge in [-0.15, -0.1) is 0 Å². The molecule has 1 fully saturated rings. The van der Waals surface area contributed by atoms with Gasteiger partial charge in [0.05, 0.1) is 7.11 Å². The molecule has 1 N–H and O–H groups in total. The number of hydrogen-bond donors (Lipinski definition) is 1. The average molecular weight is 290 g/mol. The minimum Gasteiger partial charge on any atom is -0.468 e. The topological polar surface area (TPSA) is 41.6 Å². The lowest BCUT2D eigenvalue weighted by molar-refractivity contribution is -0.143. The van der Waals surface area contributed by atoms with E-state index in [-0.39, 0.29) is 12.0 Å². The van der Waals surface area contributed by atoms with E-state index in [1.807, 2.05) is 0 Å². The van der Waals surface area contributed by atoms with Gasteiger partial charge in [-0.1, -0.05) is 17.7 Å². The smallest absolute Gasteiger partial charge is 0.322 e. The van der Waals surface area contributed by atoms with E-state index in [0.29, 0.717) is 6.04 Å². The van der Waals surface area contributed by atoms with Crippen molar-refractivity contribution in [2.45, 2.75) is 45.2 Å². The van der Waals surface area contributed by atoms with Crippen molar-refractivity contribution in [2.75, 3.05) is 25.1 Å². The van der Waals surface area contributed by atoms with E-state index in [9.17, 15) is 4.79 Å². The summed E-state index contributed by atoms with van der Waals surface area (Å²) in [6.45, 7) is 6.01. The average Bonchev–Trinajstić information content (AvgIpc) is 3.31. The zero-order chi connectivity index (χ0) is 15.2. The van der Waals surface area contributed by atoms with E-state index in [1.54, 1.807) is 0 Å². The van der Waals surface area contributed by atoms with Crippen LogP contribution in [-0.2, 0) is 9.53 Å². The van der Waals surface area contributed by atoms with Gasteiger partial charge in [-0.05, 0) is 45.2 Å². The van der Waals surface area contributed by atoms with Gasteiger partial charge in [-0.2, -0.15) is 0 Å². The van der Waals surface area contributed by atoms with Crippen LogP contribution in [0.1, 0.15) is 31.7 Å². The molecule has 0 aliphatic heterocycles. The first-order valence-electron chi connectivity index (χ1n) is 7.79. The minimum atomic E-state index is -0.193. The van der Waals surface area contributed by atoms with E-state index in [2.05, 4.69) is 48.3 Å². The van der Waals surface area contributed by atoms with E-state index in [0.717, 1.165) is 19.5 Å². The maximum Gasteiger partial charge on any atom is 0.322 e. The molecule has 4 nitrogen and oxygen atoms in total. The molecule has 0 radical (unpaired) electrons. The second kappa shape index (κ2) is 7.46. The van der Waals surface area contributed by atoms with Crippen molar-refractivity contribution in [1.29, 1.82) is 0 Å². The Kier molecular flexibility index (Phi) is 5.62. The molecule has 1 aliphatic carbocycles. The van der Waals surface area contributed by atoms with Crippen LogP contribution in [0.2, 0.25) is 0 Å². The van der Waals surface area contributed by atoms with Gasteiger partial charge in [0, 0.05) is 24.8 Å². The zero-order valence-corrected chi connectivity index (χ0v) is 13.3. The third-order valence-electron chi connectivity index (χ3n) is 3.97. The molecule has 21 heavy (non-hydrogen) atoms. The molecule has 0 heterocycles. The van der Waals surface area contributed by atoms with Crippen LogP contribution < -0.4 is 10.2 Å². The molecule has 116 valence electrons. The summed E-state index contributed by atoms with van der Waals surface area (Å²) in [5.41, 5.74) is 2.47. The Hall–Kier alpha value is -1.55. The van der Waals surface area contributed by atoms with E-state index in [1.165, 1.54) is 31.2 Å². The first-order valence-corrected chi connectivity index (χ1v) is 7.79. The Morgan fingerprint density at radius 2 is 2.05 bits per heavy atom. The van der Waals surface area contributed by atoms with Crippen molar-refractivity contribution >= 4 is 11.7 Å². The second-order valence-corrected chi connectivity index (χ2v) is 5.72.